The standard InChI is InChI=1S/C24H24F3N7O/c1-14-12-32(6-5-18(14)23(35)33-7-8-34-15(2)30-31-21(34)13-33)22-16(10-28)11-29-20-4-3-17(9-19(20)22)24(25,26)27/h3-4,9,11,14,18H,5-8,12-13H2,1-2H3/t14-,18+/m1/s1. The first-order valence-corrected chi connectivity index (χ1v) is 11.5. The number of carbonyl (C=O) groups excluding carboxylic acids is 1. The first kappa shape index (κ1) is 23.1. The normalized spacial score (nSPS) is 20.6. The van der Waals surface area contributed by atoms with Gasteiger partial charge in [0.2, 0.25) is 5.91 Å². The summed E-state index contributed by atoms with van der Waals surface area (Å²) in [4.78, 5) is 21.3. The average molecular weight is 483 g/mol. The van der Waals surface area contributed by atoms with E-state index in [1.54, 1.807) is 0 Å². The number of alkyl halides is 3. The molecule has 2 aliphatic heterocycles. The predicted octanol–water partition coefficient (Wildman–Crippen LogP) is 3.53. The van der Waals surface area contributed by atoms with Crippen molar-refractivity contribution < 1.29 is 18.0 Å². The van der Waals surface area contributed by atoms with Crippen molar-refractivity contribution in [2.24, 2.45) is 11.8 Å². The highest BCUT2D eigenvalue weighted by Crippen LogP contribution is 2.38. The molecule has 3 aromatic rings. The number of amides is 1. The molecule has 5 rings (SSSR count). The molecule has 0 unspecified atom stereocenters. The number of aromatic nitrogens is 4. The van der Waals surface area contributed by atoms with E-state index in [9.17, 15) is 23.2 Å². The zero-order valence-corrected chi connectivity index (χ0v) is 19.4. The van der Waals surface area contributed by atoms with Crippen molar-refractivity contribution in [3.05, 3.63) is 47.2 Å². The lowest BCUT2D eigenvalue weighted by atomic mass is 9.85. The molecule has 0 N–H and O–H groups in total. The van der Waals surface area contributed by atoms with Crippen LogP contribution in [0.3, 0.4) is 0 Å². The van der Waals surface area contributed by atoms with Gasteiger partial charge in [0, 0.05) is 43.7 Å². The van der Waals surface area contributed by atoms with Crippen molar-refractivity contribution >= 4 is 22.5 Å². The molecule has 1 saturated heterocycles. The van der Waals surface area contributed by atoms with Gasteiger partial charge in [-0.1, -0.05) is 6.92 Å². The molecule has 0 saturated carbocycles. The number of hydrogen-bond donors (Lipinski definition) is 0. The Balaban J connectivity index is 1.40. The number of carbonyl (C=O) groups is 1. The maximum Gasteiger partial charge on any atom is 0.416 e. The molecule has 2 aliphatic rings. The number of piperidine rings is 1. The molecule has 0 aliphatic carbocycles. The van der Waals surface area contributed by atoms with Crippen LogP contribution in [-0.4, -0.2) is 50.2 Å². The van der Waals surface area contributed by atoms with Gasteiger partial charge in [0.25, 0.3) is 0 Å². The maximum atomic E-state index is 13.4. The van der Waals surface area contributed by atoms with Gasteiger partial charge in [0.15, 0.2) is 5.82 Å². The zero-order valence-electron chi connectivity index (χ0n) is 19.4. The van der Waals surface area contributed by atoms with E-state index in [2.05, 4.69) is 21.3 Å². The largest absolute Gasteiger partial charge is 0.416 e. The minimum absolute atomic E-state index is 0.0571. The van der Waals surface area contributed by atoms with Crippen LogP contribution >= 0.6 is 0 Å². The van der Waals surface area contributed by atoms with Crippen molar-refractivity contribution in [3.63, 3.8) is 0 Å². The Bertz CT molecular complexity index is 1340. The van der Waals surface area contributed by atoms with Crippen molar-refractivity contribution in [3.8, 4) is 6.07 Å². The second-order valence-electron chi connectivity index (χ2n) is 9.26. The molecule has 0 spiro atoms. The van der Waals surface area contributed by atoms with Crippen LogP contribution in [-0.2, 0) is 24.1 Å². The molecule has 1 fully saturated rings. The molecule has 8 nitrogen and oxygen atoms in total. The lowest BCUT2D eigenvalue weighted by molar-refractivity contribution is -0.139. The summed E-state index contributed by atoms with van der Waals surface area (Å²) in [7, 11) is 0. The summed E-state index contributed by atoms with van der Waals surface area (Å²) in [5, 5.41) is 18.2. The van der Waals surface area contributed by atoms with Crippen LogP contribution in [0.15, 0.2) is 24.4 Å². The smallest absolute Gasteiger partial charge is 0.370 e. The average Bonchev–Trinajstić information content (AvgIpc) is 3.21. The number of rotatable bonds is 2. The van der Waals surface area contributed by atoms with Crippen LogP contribution in [0.25, 0.3) is 10.9 Å². The van der Waals surface area contributed by atoms with E-state index in [1.807, 2.05) is 28.2 Å². The summed E-state index contributed by atoms with van der Waals surface area (Å²) < 4.78 is 42.2. The Morgan fingerprint density at radius 3 is 2.71 bits per heavy atom. The van der Waals surface area contributed by atoms with Crippen molar-refractivity contribution in [2.45, 2.75) is 39.5 Å². The van der Waals surface area contributed by atoms with Crippen molar-refractivity contribution in [2.75, 3.05) is 24.5 Å². The van der Waals surface area contributed by atoms with Crippen molar-refractivity contribution in [1.82, 2.24) is 24.6 Å². The van der Waals surface area contributed by atoms with Gasteiger partial charge in [-0.3, -0.25) is 9.78 Å². The highest BCUT2D eigenvalue weighted by molar-refractivity contribution is 5.95. The van der Waals surface area contributed by atoms with Gasteiger partial charge in [-0.05, 0) is 37.5 Å². The van der Waals surface area contributed by atoms with Gasteiger partial charge in [-0.15, -0.1) is 10.2 Å². The quantitative estimate of drug-likeness (QED) is 0.554. The molecule has 1 aromatic carbocycles. The zero-order chi connectivity index (χ0) is 24.9. The number of nitriles is 1. The summed E-state index contributed by atoms with van der Waals surface area (Å²) in [5.74, 6) is 1.39. The molecular formula is C24H24F3N7O. The lowest BCUT2D eigenvalue weighted by Gasteiger charge is -2.40. The molecular weight excluding hydrogens is 459 g/mol. The van der Waals surface area contributed by atoms with Crippen LogP contribution in [0.4, 0.5) is 18.9 Å². The predicted molar refractivity (Wildman–Crippen MR) is 121 cm³/mol. The summed E-state index contributed by atoms with van der Waals surface area (Å²) >= 11 is 0. The SMILES string of the molecule is Cc1nnc2n1CCN(C(=O)[C@H]1CCN(c3c(C#N)cnc4ccc(C(F)(F)F)cc34)C[C@H]1C)C2. The van der Waals surface area contributed by atoms with Crippen LogP contribution in [0.2, 0.25) is 0 Å². The van der Waals surface area contributed by atoms with Gasteiger partial charge in [0.05, 0.1) is 28.9 Å². The third kappa shape index (κ3) is 4.07. The van der Waals surface area contributed by atoms with E-state index in [4.69, 9.17) is 0 Å². The highest BCUT2D eigenvalue weighted by Gasteiger charge is 2.37. The number of aryl methyl sites for hydroxylation is 1. The fourth-order valence-electron chi connectivity index (χ4n) is 5.22. The number of halogens is 3. The highest BCUT2D eigenvalue weighted by atomic mass is 19.4. The number of hydrogen-bond acceptors (Lipinski definition) is 6. The van der Waals surface area contributed by atoms with E-state index in [0.717, 1.165) is 23.8 Å². The molecule has 4 heterocycles. The molecule has 1 amide bonds. The third-order valence-corrected chi connectivity index (χ3v) is 7.08. The number of anilines is 1. The van der Waals surface area contributed by atoms with Crippen LogP contribution in [0.5, 0.6) is 0 Å². The van der Waals surface area contributed by atoms with Crippen LogP contribution in [0, 0.1) is 30.1 Å². The molecule has 0 bridgehead atoms. The molecule has 2 atom stereocenters. The number of pyridine rings is 1. The Morgan fingerprint density at radius 1 is 1.20 bits per heavy atom. The third-order valence-electron chi connectivity index (χ3n) is 7.08. The molecule has 182 valence electrons. The first-order valence-electron chi connectivity index (χ1n) is 11.5. The van der Waals surface area contributed by atoms with Crippen LogP contribution in [0.1, 0.15) is 36.1 Å². The summed E-state index contributed by atoms with van der Waals surface area (Å²) in [6.07, 6.45) is -2.56. The van der Waals surface area contributed by atoms with Gasteiger partial charge in [-0.2, -0.15) is 18.4 Å². The topological polar surface area (TPSA) is 90.9 Å². The Morgan fingerprint density at radius 2 is 2.00 bits per heavy atom. The number of nitrogens with zero attached hydrogens (tertiary/aromatic N) is 7. The molecule has 11 heteroatoms. The summed E-state index contributed by atoms with van der Waals surface area (Å²) in [6, 6.07) is 5.47. The van der Waals surface area contributed by atoms with Crippen LogP contribution < -0.4 is 4.90 Å². The number of benzene rings is 1. The summed E-state index contributed by atoms with van der Waals surface area (Å²) in [5.41, 5.74) is 0.280. The minimum atomic E-state index is -4.50. The fourth-order valence-corrected chi connectivity index (χ4v) is 5.22. The van der Waals surface area contributed by atoms with Gasteiger partial charge < -0.3 is 14.4 Å². The van der Waals surface area contributed by atoms with Gasteiger partial charge >= 0.3 is 6.18 Å². The van der Waals surface area contributed by atoms with E-state index >= 15 is 0 Å². The Labute approximate surface area is 200 Å². The van der Waals surface area contributed by atoms with Crippen molar-refractivity contribution in [1.29, 1.82) is 5.26 Å². The van der Waals surface area contributed by atoms with E-state index < -0.39 is 11.7 Å². The molecule has 35 heavy (non-hydrogen) atoms. The lowest BCUT2D eigenvalue weighted by Crippen LogP contribution is -2.49. The first-order chi connectivity index (χ1) is 16.7. The summed E-state index contributed by atoms with van der Waals surface area (Å²) in [6.45, 7) is 6.43. The molecule has 2 aromatic heterocycles. The van der Waals surface area contributed by atoms with Gasteiger partial charge in [0.1, 0.15) is 11.9 Å². The monoisotopic (exact) mass is 483 g/mol. The van der Waals surface area contributed by atoms with E-state index in [-0.39, 0.29) is 23.3 Å². The van der Waals surface area contributed by atoms with E-state index in [0.29, 0.717) is 55.7 Å². The maximum absolute atomic E-state index is 13.4. The van der Waals surface area contributed by atoms with E-state index in [1.165, 1.54) is 12.3 Å². The fraction of sp³-hybridized carbons (Fsp3) is 0.458. The van der Waals surface area contributed by atoms with Gasteiger partial charge in [-0.25, -0.2) is 0 Å². The second kappa shape index (κ2) is 8.52. The number of fused-ring (bicyclic) bond motifs is 2. The second-order valence-corrected chi connectivity index (χ2v) is 9.26. The molecule has 0 radical (unpaired) electrons. The Kier molecular flexibility index (Phi) is 5.62. The Hall–Kier alpha value is -3.68. The minimum Gasteiger partial charge on any atom is -0.370 e.